The van der Waals surface area contributed by atoms with Gasteiger partial charge in [0.15, 0.2) is 0 Å². The van der Waals surface area contributed by atoms with Crippen molar-refractivity contribution in [2.45, 2.75) is 19.6 Å². The predicted octanol–water partition coefficient (Wildman–Crippen LogP) is 3.41. The van der Waals surface area contributed by atoms with Gasteiger partial charge in [-0.2, -0.15) is 0 Å². The Morgan fingerprint density at radius 1 is 1.21 bits per heavy atom. The monoisotopic (exact) mass is 391 g/mol. The number of carbonyl (C=O) groups excluding carboxylic acids is 1. The highest BCUT2D eigenvalue weighted by molar-refractivity contribution is 5.80. The topological polar surface area (TPSA) is 88.4 Å². The van der Waals surface area contributed by atoms with Gasteiger partial charge in [0.1, 0.15) is 30.4 Å². The molecule has 0 radical (unpaired) electrons. The number of benzene rings is 2. The third kappa shape index (κ3) is 3.90. The molecule has 148 valence electrons. The Labute approximate surface area is 166 Å². The molecule has 0 saturated heterocycles. The predicted molar refractivity (Wildman–Crippen MR) is 109 cm³/mol. The molecule has 0 aliphatic rings. The van der Waals surface area contributed by atoms with Gasteiger partial charge in [-0.25, -0.2) is 4.98 Å². The lowest BCUT2D eigenvalue weighted by atomic mass is 10.2. The molecule has 2 heterocycles. The summed E-state index contributed by atoms with van der Waals surface area (Å²) in [5, 5.41) is 1.52. The molecular weight excluding hydrogens is 370 g/mol. The van der Waals surface area contributed by atoms with E-state index in [-0.39, 0.29) is 30.7 Å². The Hall–Kier alpha value is -3.45. The summed E-state index contributed by atoms with van der Waals surface area (Å²) < 4.78 is 11.3. The lowest BCUT2D eigenvalue weighted by Gasteiger charge is -2.23. The minimum Gasteiger partial charge on any atom is -0.459 e. The van der Waals surface area contributed by atoms with Crippen molar-refractivity contribution in [2.24, 2.45) is 0 Å². The molecule has 4 aromatic rings. The molecule has 29 heavy (non-hydrogen) atoms. The highest BCUT2D eigenvalue weighted by Gasteiger charge is 2.21. The molecule has 1 N–H and O–H groups in total. The maximum Gasteiger partial charge on any atom is 0.258 e. The first-order valence-electron chi connectivity index (χ1n) is 9.33. The smallest absolute Gasteiger partial charge is 0.258 e. The number of carbonyl (C=O) groups is 1. The normalized spacial score (nSPS) is 12.3. The number of aromatic nitrogens is 2. The zero-order valence-electron chi connectivity index (χ0n) is 16.2. The van der Waals surface area contributed by atoms with Gasteiger partial charge in [0.2, 0.25) is 5.91 Å². The number of ether oxygens (including phenoxy) is 1. The number of aromatic amines is 1. The van der Waals surface area contributed by atoms with Crippen molar-refractivity contribution in [3.63, 3.8) is 0 Å². The first-order valence-corrected chi connectivity index (χ1v) is 9.33. The van der Waals surface area contributed by atoms with Crippen LogP contribution in [0.4, 0.5) is 0 Å². The highest BCUT2D eigenvalue weighted by atomic mass is 16.5. The van der Waals surface area contributed by atoms with Crippen molar-refractivity contribution >= 4 is 27.8 Å². The quantitative estimate of drug-likeness (QED) is 0.544. The molecule has 4 rings (SSSR count). The summed E-state index contributed by atoms with van der Waals surface area (Å²) in [7, 11) is 1.71. The average molecular weight is 391 g/mol. The van der Waals surface area contributed by atoms with Gasteiger partial charge in [0.25, 0.3) is 5.56 Å². The Morgan fingerprint density at radius 3 is 2.79 bits per heavy atom. The molecule has 0 aliphatic heterocycles. The molecule has 2 aromatic carbocycles. The number of nitrogens with zero attached hydrogens (tertiary/aromatic N) is 2. The van der Waals surface area contributed by atoms with Crippen molar-refractivity contribution in [2.75, 3.05) is 13.7 Å². The van der Waals surface area contributed by atoms with Crippen molar-refractivity contribution in [3.05, 3.63) is 76.5 Å². The summed E-state index contributed by atoms with van der Waals surface area (Å²) in [6.45, 7) is 1.81. The second-order valence-corrected chi connectivity index (χ2v) is 6.89. The minimum absolute atomic E-state index is 0.0404. The summed E-state index contributed by atoms with van der Waals surface area (Å²) >= 11 is 0. The molecular formula is C22H21N3O4. The maximum atomic E-state index is 12.5. The van der Waals surface area contributed by atoms with E-state index in [1.807, 2.05) is 43.3 Å². The Kier molecular flexibility index (Phi) is 5.14. The number of hydrogen-bond donors (Lipinski definition) is 1. The maximum absolute atomic E-state index is 12.5. The van der Waals surface area contributed by atoms with E-state index >= 15 is 0 Å². The largest absolute Gasteiger partial charge is 0.459 e. The Bertz CT molecular complexity index is 1190. The molecule has 1 atom stereocenters. The first kappa shape index (κ1) is 18.9. The minimum atomic E-state index is -0.239. The molecule has 0 fully saturated rings. The number of nitrogens with one attached hydrogen (secondary N) is 1. The standard InChI is InChI=1S/C22H21N3O4/c1-14(19-11-15-7-3-6-10-18(15)29-19)25(2)21(26)13-28-12-20-23-17-9-5-4-8-16(17)22(27)24-20/h3-11,14H,12-13H2,1-2H3,(H,23,24,27)/t14-/m0/s1. The van der Waals surface area contributed by atoms with E-state index in [1.54, 1.807) is 30.1 Å². The lowest BCUT2D eigenvalue weighted by Crippen LogP contribution is -2.32. The summed E-state index contributed by atoms with van der Waals surface area (Å²) in [4.78, 5) is 33.2. The number of rotatable bonds is 6. The van der Waals surface area contributed by atoms with Crippen LogP contribution >= 0.6 is 0 Å². The molecule has 0 spiro atoms. The van der Waals surface area contributed by atoms with Crippen LogP contribution < -0.4 is 5.56 Å². The second-order valence-electron chi connectivity index (χ2n) is 6.89. The SMILES string of the molecule is C[C@@H](c1cc2ccccc2o1)N(C)C(=O)COCc1nc2ccccc2c(=O)[nH]1. The number of H-pyrrole nitrogens is 1. The van der Waals surface area contributed by atoms with Crippen LogP contribution in [0.5, 0.6) is 0 Å². The number of likely N-dealkylation sites (N-methyl/N-ethyl adjacent to an activating group) is 1. The van der Waals surface area contributed by atoms with Crippen LogP contribution in [0.3, 0.4) is 0 Å². The van der Waals surface area contributed by atoms with Gasteiger partial charge < -0.3 is 19.0 Å². The first-order chi connectivity index (χ1) is 14.0. The molecule has 0 unspecified atom stereocenters. The molecule has 7 heteroatoms. The van der Waals surface area contributed by atoms with Gasteiger partial charge in [-0.1, -0.05) is 30.3 Å². The fourth-order valence-corrected chi connectivity index (χ4v) is 3.16. The van der Waals surface area contributed by atoms with Gasteiger partial charge in [0, 0.05) is 12.4 Å². The Morgan fingerprint density at radius 2 is 1.97 bits per heavy atom. The van der Waals surface area contributed by atoms with Crippen LogP contribution in [0.1, 0.15) is 24.6 Å². The number of amides is 1. The van der Waals surface area contributed by atoms with E-state index in [0.29, 0.717) is 22.5 Å². The molecule has 0 aliphatic carbocycles. The zero-order valence-corrected chi connectivity index (χ0v) is 16.2. The van der Waals surface area contributed by atoms with Crippen LogP contribution in [0.2, 0.25) is 0 Å². The van der Waals surface area contributed by atoms with Gasteiger partial charge in [-0.3, -0.25) is 9.59 Å². The fraction of sp³-hybridized carbons (Fsp3) is 0.227. The van der Waals surface area contributed by atoms with Gasteiger partial charge in [-0.15, -0.1) is 0 Å². The summed E-state index contributed by atoms with van der Waals surface area (Å²) in [6.07, 6.45) is 0. The second kappa shape index (κ2) is 7.89. The number of furan rings is 1. The molecule has 7 nitrogen and oxygen atoms in total. The summed E-state index contributed by atoms with van der Waals surface area (Å²) in [6, 6.07) is 16.5. The third-order valence-electron chi connectivity index (χ3n) is 4.96. The van der Waals surface area contributed by atoms with E-state index in [4.69, 9.17) is 9.15 Å². The fourth-order valence-electron chi connectivity index (χ4n) is 3.16. The molecule has 0 saturated carbocycles. The van der Waals surface area contributed by atoms with Crippen LogP contribution in [0.25, 0.3) is 21.9 Å². The summed E-state index contributed by atoms with van der Waals surface area (Å²) in [5.74, 6) is 0.901. The zero-order chi connectivity index (χ0) is 20.4. The van der Waals surface area contributed by atoms with Crippen molar-refractivity contribution in [1.82, 2.24) is 14.9 Å². The van der Waals surface area contributed by atoms with Crippen molar-refractivity contribution < 1.29 is 13.9 Å². The molecule has 0 bridgehead atoms. The van der Waals surface area contributed by atoms with Crippen LogP contribution in [0, 0.1) is 0 Å². The van der Waals surface area contributed by atoms with E-state index in [0.717, 1.165) is 11.0 Å². The van der Waals surface area contributed by atoms with Gasteiger partial charge in [0.05, 0.1) is 16.9 Å². The average Bonchev–Trinajstić information content (AvgIpc) is 3.17. The highest BCUT2D eigenvalue weighted by Crippen LogP contribution is 2.26. The van der Waals surface area contributed by atoms with E-state index in [2.05, 4.69) is 9.97 Å². The van der Waals surface area contributed by atoms with Gasteiger partial charge >= 0.3 is 0 Å². The van der Waals surface area contributed by atoms with Crippen LogP contribution in [-0.4, -0.2) is 34.4 Å². The van der Waals surface area contributed by atoms with E-state index in [9.17, 15) is 9.59 Å². The third-order valence-corrected chi connectivity index (χ3v) is 4.96. The van der Waals surface area contributed by atoms with Crippen molar-refractivity contribution in [3.8, 4) is 0 Å². The summed E-state index contributed by atoms with van der Waals surface area (Å²) in [5.41, 5.74) is 1.16. The van der Waals surface area contributed by atoms with Crippen molar-refractivity contribution in [1.29, 1.82) is 0 Å². The lowest BCUT2D eigenvalue weighted by molar-refractivity contribution is -0.137. The van der Waals surface area contributed by atoms with Crippen LogP contribution in [-0.2, 0) is 16.1 Å². The van der Waals surface area contributed by atoms with E-state index < -0.39 is 0 Å². The van der Waals surface area contributed by atoms with Gasteiger partial charge in [-0.05, 0) is 31.2 Å². The number of hydrogen-bond acceptors (Lipinski definition) is 5. The Balaban J connectivity index is 1.38. The number of fused-ring (bicyclic) bond motifs is 2. The molecule has 1 amide bonds. The van der Waals surface area contributed by atoms with Crippen LogP contribution in [0.15, 0.2) is 63.8 Å². The number of para-hydroxylation sites is 2. The molecule has 2 aromatic heterocycles. The van der Waals surface area contributed by atoms with E-state index in [1.165, 1.54) is 0 Å².